The minimum absolute atomic E-state index is 0.152. The van der Waals surface area contributed by atoms with Crippen molar-refractivity contribution in [2.75, 3.05) is 0 Å². The maximum atomic E-state index is 12.4. The Kier molecular flexibility index (Phi) is 3.36. The van der Waals surface area contributed by atoms with E-state index in [1.165, 1.54) is 0 Å². The minimum Gasteiger partial charge on any atom is -0.205 e. The molecule has 0 aromatic carbocycles. The van der Waals surface area contributed by atoms with Crippen LogP contribution in [0.25, 0.3) is 0 Å². The van der Waals surface area contributed by atoms with Crippen molar-refractivity contribution in [3.05, 3.63) is 0 Å². The van der Waals surface area contributed by atoms with E-state index in [0.717, 1.165) is 0 Å². The van der Waals surface area contributed by atoms with Crippen LogP contribution >= 0.6 is 46.4 Å². The highest BCUT2D eigenvalue weighted by atomic mass is 35.5. The Balaban J connectivity index is 4.14. The van der Waals surface area contributed by atoms with Crippen LogP contribution in [0.3, 0.4) is 0 Å². The van der Waals surface area contributed by atoms with E-state index < -0.39 is 8.92 Å². The van der Waals surface area contributed by atoms with Gasteiger partial charge in [0.15, 0.2) is 4.33 Å². The van der Waals surface area contributed by atoms with Crippen molar-refractivity contribution in [2.45, 2.75) is 22.3 Å². The fourth-order valence-corrected chi connectivity index (χ4v) is 0.468. The molecule has 0 bridgehead atoms. The van der Waals surface area contributed by atoms with Gasteiger partial charge in [-0.3, -0.25) is 0 Å². The first-order valence-corrected chi connectivity index (χ1v) is 3.77. The second-order valence-electron chi connectivity index (χ2n) is 1.56. The van der Waals surface area contributed by atoms with Gasteiger partial charge in [0, 0.05) is 0 Å². The van der Waals surface area contributed by atoms with Gasteiger partial charge in [-0.05, 0) is 6.42 Å². The van der Waals surface area contributed by atoms with Gasteiger partial charge in [-0.15, -0.1) is 0 Å². The largest absolute Gasteiger partial charge is 0.290 e. The Morgan fingerprint density at radius 1 is 1.22 bits per heavy atom. The van der Waals surface area contributed by atoms with Gasteiger partial charge >= 0.3 is 0 Å². The lowest BCUT2D eigenvalue weighted by Crippen LogP contribution is -2.30. The number of halogens is 5. The van der Waals surface area contributed by atoms with E-state index in [-0.39, 0.29) is 6.42 Å². The second-order valence-corrected chi connectivity index (χ2v) is 4.27. The highest BCUT2D eigenvalue weighted by Crippen LogP contribution is 2.45. The molecule has 0 spiro atoms. The van der Waals surface area contributed by atoms with Gasteiger partial charge in [-0.2, -0.15) is 0 Å². The average Bonchev–Trinajstić information content (AvgIpc) is 1.64. The van der Waals surface area contributed by atoms with Gasteiger partial charge in [0.1, 0.15) is 0 Å². The molecule has 5 heteroatoms. The lowest BCUT2D eigenvalue weighted by atomic mass is 10.3. The van der Waals surface area contributed by atoms with Crippen LogP contribution in [0.5, 0.6) is 0 Å². The predicted molar refractivity (Wildman–Crippen MR) is 40.3 cm³/mol. The van der Waals surface area contributed by atoms with Gasteiger partial charge in [-0.1, -0.05) is 53.3 Å². The molecule has 0 aromatic rings. The van der Waals surface area contributed by atoms with Crippen molar-refractivity contribution in [3.63, 3.8) is 0 Å². The monoisotopic (exact) mass is 212 g/mol. The Morgan fingerprint density at radius 3 is 1.56 bits per heavy atom. The standard InChI is InChI=1S/C4H5Cl4F/c1-2-3(5,6)4(7,8)9/h2H2,1H3. The first kappa shape index (κ1) is 10.1. The predicted octanol–water partition coefficient (Wildman–Crippen LogP) is 3.67. The first-order chi connectivity index (χ1) is 3.81. The van der Waals surface area contributed by atoms with E-state index in [9.17, 15) is 4.39 Å². The summed E-state index contributed by atoms with van der Waals surface area (Å²) < 4.78 is 8.14. The summed E-state index contributed by atoms with van der Waals surface area (Å²) in [6, 6.07) is 0. The van der Waals surface area contributed by atoms with Gasteiger partial charge in [0.2, 0.25) is 0 Å². The van der Waals surface area contributed by atoms with Crippen molar-refractivity contribution in [1.29, 1.82) is 0 Å². The van der Waals surface area contributed by atoms with Crippen LogP contribution < -0.4 is 0 Å². The summed E-state index contributed by atoms with van der Waals surface area (Å²) >= 11 is 20.6. The molecule has 0 aliphatic heterocycles. The van der Waals surface area contributed by atoms with Gasteiger partial charge in [0.25, 0.3) is 4.59 Å². The average molecular weight is 214 g/mol. The smallest absolute Gasteiger partial charge is 0.205 e. The molecular weight excluding hydrogens is 209 g/mol. The third kappa shape index (κ3) is 2.67. The summed E-state index contributed by atoms with van der Waals surface area (Å²) in [7, 11) is 0. The molecule has 56 valence electrons. The maximum Gasteiger partial charge on any atom is 0.290 e. The van der Waals surface area contributed by atoms with Crippen LogP contribution in [0, 0.1) is 0 Å². The van der Waals surface area contributed by atoms with Crippen LogP contribution in [-0.2, 0) is 0 Å². The van der Waals surface area contributed by atoms with Crippen molar-refractivity contribution in [2.24, 2.45) is 0 Å². The minimum atomic E-state index is -2.58. The van der Waals surface area contributed by atoms with Crippen LogP contribution in [0.1, 0.15) is 13.3 Å². The molecule has 0 heterocycles. The topological polar surface area (TPSA) is 0 Å². The van der Waals surface area contributed by atoms with E-state index in [0.29, 0.717) is 0 Å². The highest BCUT2D eigenvalue weighted by molar-refractivity contribution is 6.61. The maximum absolute atomic E-state index is 12.4. The van der Waals surface area contributed by atoms with Crippen molar-refractivity contribution in [3.8, 4) is 0 Å². The first-order valence-electron chi connectivity index (χ1n) is 2.26. The normalized spacial score (nSPS) is 14.0. The van der Waals surface area contributed by atoms with Crippen molar-refractivity contribution >= 4 is 46.4 Å². The molecule has 0 saturated heterocycles. The zero-order valence-electron chi connectivity index (χ0n) is 4.60. The highest BCUT2D eigenvalue weighted by Gasteiger charge is 2.46. The Bertz CT molecular complexity index is 95.2. The van der Waals surface area contributed by atoms with E-state index in [1.54, 1.807) is 6.92 Å². The number of hydrogen-bond acceptors (Lipinski definition) is 0. The lowest BCUT2D eigenvalue weighted by molar-refractivity contribution is 0.350. The Morgan fingerprint density at radius 2 is 1.56 bits per heavy atom. The van der Waals surface area contributed by atoms with Crippen LogP contribution in [0.15, 0.2) is 0 Å². The van der Waals surface area contributed by atoms with Crippen molar-refractivity contribution < 1.29 is 4.39 Å². The molecule has 9 heavy (non-hydrogen) atoms. The molecule has 0 aliphatic carbocycles. The molecule has 0 rings (SSSR count). The molecule has 0 aromatic heterocycles. The van der Waals surface area contributed by atoms with Gasteiger partial charge < -0.3 is 0 Å². The van der Waals surface area contributed by atoms with E-state index >= 15 is 0 Å². The fraction of sp³-hybridized carbons (Fsp3) is 1.00. The third-order valence-electron chi connectivity index (χ3n) is 0.859. The van der Waals surface area contributed by atoms with Crippen LogP contribution in [0.4, 0.5) is 4.39 Å². The molecule has 0 fully saturated rings. The summed E-state index contributed by atoms with van der Waals surface area (Å²) in [6.45, 7) is 1.58. The number of alkyl halides is 5. The molecule has 0 saturated carbocycles. The summed E-state index contributed by atoms with van der Waals surface area (Å²) in [5.74, 6) is 0. The number of rotatable bonds is 2. The zero-order chi connectivity index (χ0) is 7.71. The summed E-state index contributed by atoms with van der Waals surface area (Å²) in [4.78, 5) is 0. The summed E-state index contributed by atoms with van der Waals surface area (Å²) in [5, 5.41) is 0. The summed E-state index contributed by atoms with van der Waals surface area (Å²) in [6.07, 6.45) is 0.152. The van der Waals surface area contributed by atoms with E-state index in [4.69, 9.17) is 46.4 Å². The fourth-order valence-electron chi connectivity index (χ4n) is 0.200. The SMILES string of the molecule is CCC(Cl)(Cl)C(F)(Cl)Cl. The second kappa shape index (κ2) is 3.00. The summed E-state index contributed by atoms with van der Waals surface area (Å²) in [5.41, 5.74) is 0. The van der Waals surface area contributed by atoms with Crippen LogP contribution in [-0.4, -0.2) is 8.92 Å². The molecule has 0 N–H and O–H groups in total. The molecule has 0 nitrogen and oxygen atoms in total. The van der Waals surface area contributed by atoms with Gasteiger partial charge in [-0.25, -0.2) is 4.39 Å². The third-order valence-corrected chi connectivity index (χ3v) is 2.95. The molecule has 0 unspecified atom stereocenters. The molecule has 0 aliphatic rings. The quantitative estimate of drug-likeness (QED) is 0.615. The molecular formula is C4H5Cl4F. The van der Waals surface area contributed by atoms with E-state index in [1.807, 2.05) is 0 Å². The number of hydrogen-bond donors (Lipinski definition) is 0. The molecule has 0 radical (unpaired) electrons. The van der Waals surface area contributed by atoms with Gasteiger partial charge in [0.05, 0.1) is 0 Å². The molecule has 0 atom stereocenters. The molecule has 0 amide bonds. The van der Waals surface area contributed by atoms with Crippen molar-refractivity contribution in [1.82, 2.24) is 0 Å². The zero-order valence-corrected chi connectivity index (χ0v) is 7.62. The van der Waals surface area contributed by atoms with Crippen LogP contribution in [0.2, 0.25) is 0 Å². The Labute approximate surface area is 73.2 Å². The Hall–Kier alpha value is 1.09. The van der Waals surface area contributed by atoms with E-state index in [2.05, 4.69) is 0 Å². The lowest BCUT2D eigenvalue weighted by Gasteiger charge is -2.23.